The summed E-state index contributed by atoms with van der Waals surface area (Å²) in [6.07, 6.45) is 1.72. The molecule has 1 aromatic heterocycles. The van der Waals surface area contributed by atoms with Gasteiger partial charge in [0.2, 0.25) is 0 Å². The number of rotatable bonds is 4. The van der Waals surface area contributed by atoms with E-state index in [1.54, 1.807) is 24.0 Å². The zero-order valence-electron chi connectivity index (χ0n) is 9.86. The van der Waals surface area contributed by atoms with E-state index in [4.69, 9.17) is 0 Å². The summed E-state index contributed by atoms with van der Waals surface area (Å²) in [5.41, 5.74) is 0.704. The van der Waals surface area contributed by atoms with Crippen molar-refractivity contribution in [2.75, 3.05) is 0 Å². The molecule has 0 atom stereocenters. The van der Waals surface area contributed by atoms with Crippen LogP contribution in [-0.4, -0.2) is 15.6 Å². The lowest BCUT2D eigenvalue weighted by Gasteiger charge is -2.02. The van der Waals surface area contributed by atoms with Gasteiger partial charge in [0.05, 0.1) is 12.1 Å². The zero-order chi connectivity index (χ0) is 13.1. The molecular weight excluding hydrogens is 238 g/mol. The van der Waals surface area contributed by atoms with Gasteiger partial charge in [0.25, 0.3) is 0 Å². The van der Waals surface area contributed by atoms with Gasteiger partial charge in [-0.2, -0.15) is 5.10 Å². The second kappa shape index (κ2) is 5.08. The van der Waals surface area contributed by atoms with E-state index in [-0.39, 0.29) is 24.2 Å². The highest BCUT2D eigenvalue weighted by molar-refractivity contribution is 5.82. The van der Waals surface area contributed by atoms with Gasteiger partial charge >= 0.3 is 0 Å². The summed E-state index contributed by atoms with van der Waals surface area (Å²) in [4.78, 5) is 11.7. The van der Waals surface area contributed by atoms with Gasteiger partial charge in [-0.05, 0) is 17.7 Å². The molecule has 1 aromatic carbocycles. The molecule has 5 heteroatoms. The van der Waals surface area contributed by atoms with Crippen LogP contribution in [0, 0.1) is 11.6 Å². The molecule has 0 spiro atoms. The fourth-order valence-electron chi connectivity index (χ4n) is 1.72. The van der Waals surface area contributed by atoms with Gasteiger partial charge in [-0.15, -0.1) is 0 Å². The third-order valence-electron chi connectivity index (χ3n) is 2.57. The van der Waals surface area contributed by atoms with Crippen LogP contribution < -0.4 is 0 Å². The second-order valence-corrected chi connectivity index (χ2v) is 4.09. The van der Waals surface area contributed by atoms with Crippen molar-refractivity contribution in [1.29, 1.82) is 0 Å². The Kier molecular flexibility index (Phi) is 3.50. The first-order valence-electron chi connectivity index (χ1n) is 5.49. The smallest absolute Gasteiger partial charge is 0.162 e. The van der Waals surface area contributed by atoms with Crippen LogP contribution in [0.25, 0.3) is 0 Å². The van der Waals surface area contributed by atoms with E-state index >= 15 is 0 Å². The molecule has 0 saturated heterocycles. The minimum absolute atomic E-state index is 0.0796. The molecule has 0 aliphatic carbocycles. The standard InChI is InChI=1S/C13H12F2N2O/c1-17-6-5-10(16-17)8-11(18)7-9-3-2-4-12(14)13(9)15/h2-6H,7-8H2,1H3. The van der Waals surface area contributed by atoms with Crippen LogP contribution in [0.1, 0.15) is 11.3 Å². The maximum Gasteiger partial charge on any atom is 0.162 e. The highest BCUT2D eigenvalue weighted by Crippen LogP contribution is 2.13. The molecule has 0 fully saturated rings. The first-order chi connectivity index (χ1) is 8.56. The summed E-state index contributed by atoms with van der Waals surface area (Å²) in [6, 6.07) is 5.55. The van der Waals surface area contributed by atoms with Crippen molar-refractivity contribution < 1.29 is 13.6 Å². The van der Waals surface area contributed by atoms with Crippen LogP contribution >= 0.6 is 0 Å². The molecule has 0 radical (unpaired) electrons. The van der Waals surface area contributed by atoms with Crippen molar-refractivity contribution in [3.8, 4) is 0 Å². The lowest BCUT2D eigenvalue weighted by atomic mass is 10.1. The molecule has 94 valence electrons. The number of Topliss-reactive ketones (excluding diaryl/α,β-unsaturated/α-hetero) is 1. The van der Waals surface area contributed by atoms with Crippen molar-refractivity contribution in [3.05, 3.63) is 53.4 Å². The molecule has 3 nitrogen and oxygen atoms in total. The Morgan fingerprint density at radius 3 is 2.72 bits per heavy atom. The van der Waals surface area contributed by atoms with Crippen molar-refractivity contribution in [3.63, 3.8) is 0 Å². The van der Waals surface area contributed by atoms with E-state index in [0.717, 1.165) is 6.07 Å². The van der Waals surface area contributed by atoms with E-state index in [1.807, 2.05) is 0 Å². The molecule has 0 aliphatic heterocycles. The number of hydrogen-bond donors (Lipinski definition) is 0. The lowest BCUT2D eigenvalue weighted by Crippen LogP contribution is -2.09. The fourth-order valence-corrected chi connectivity index (χ4v) is 1.72. The summed E-state index contributed by atoms with van der Waals surface area (Å²) >= 11 is 0. The van der Waals surface area contributed by atoms with Gasteiger partial charge in [0.1, 0.15) is 5.78 Å². The van der Waals surface area contributed by atoms with Crippen LogP contribution in [0.2, 0.25) is 0 Å². The van der Waals surface area contributed by atoms with Crippen molar-refractivity contribution >= 4 is 5.78 Å². The maximum absolute atomic E-state index is 13.4. The third kappa shape index (κ3) is 2.80. The van der Waals surface area contributed by atoms with Crippen molar-refractivity contribution in [2.45, 2.75) is 12.8 Å². The summed E-state index contributed by atoms with van der Waals surface area (Å²) < 4.78 is 27.9. The Morgan fingerprint density at radius 2 is 2.06 bits per heavy atom. The molecule has 2 rings (SSSR count). The Balaban J connectivity index is 2.05. The van der Waals surface area contributed by atoms with Gasteiger partial charge in [-0.1, -0.05) is 12.1 Å². The fraction of sp³-hybridized carbons (Fsp3) is 0.231. The summed E-state index contributed by atoms with van der Waals surface area (Å²) in [5.74, 6) is -2.08. The van der Waals surface area contributed by atoms with E-state index in [2.05, 4.69) is 5.10 Å². The number of hydrogen-bond acceptors (Lipinski definition) is 2. The van der Waals surface area contributed by atoms with Gasteiger partial charge in [-0.25, -0.2) is 8.78 Å². The Morgan fingerprint density at radius 1 is 1.28 bits per heavy atom. The number of aryl methyl sites for hydroxylation is 1. The van der Waals surface area contributed by atoms with Crippen LogP contribution in [-0.2, 0) is 24.7 Å². The zero-order valence-corrected chi connectivity index (χ0v) is 9.86. The Hall–Kier alpha value is -2.04. The van der Waals surface area contributed by atoms with Gasteiger partial charge < -0.3 is 0 Å². The van der Waals surface area contributed by atoms with E-state index in [0.29, 0.717) is 5.69 Å². The molecule has 0 amide bonds. The first-order valence-corrected chi connectivity index (χ1v) is 5.49. The van der Waals surface area contributed by atoms with Crippen LogP contribution in [0.5, 0.6) is 0 Å². The quantitative estimate of drug-likeness (QED) is 0.832. The van der Waals surface area contributed by atoms with E-state index in [9.17, 15) is 13.6 Å². The molecule has 0 N–H and O–H groups in total. The van der Waals surface area contributed by atoms with Gasteiger partial charge in [0.15, 0.2) is 11.6 Å². The van der Waals surface area contributed by atoms with Crippen LogP contribution in [0.4, 0.5) is 8.78 Å². The highest BCUT2D eigenvalue weighted by atomic mass is 19.2. The topological polar surface area (TPSA) is 34.9 Å². The van der Waals surface area contributed by atoms with Crippen molar-refractivity contribution in [1.82, 2.24) is 9.78 Å². The molecule has 0 aliphatic rings. The largest absolute Gasteiger partial charge is 0.299 e. The maximum atomic E-state index is 13.4. The predicted octanol–water partition coefficient (Wildman–Crippen LogP) is 2.05. The van der Waals surface area contributed by atoms with Crippen molar-refractivity contribution in [2.24, 2.45) is 7.05 Å². The summed E-state index contributed by atoms with van der Waals surface area (Å²) in [5, 5.41) is 4.06. The molecular formula is C13H12F2N2O. The predicted molar refractivity (Wildman–Crippen MR) is 62.0 cm³/mol. The number of carbonyl (C=O) groups excluding carboxylic acids is 1. The number of carbonyl (C=O) groups is 1. The molecule has 0 saturated carbocycles. The summed E-state index contributed by atoms with van der Waals surface area (Å²) in [7, 11) is 1.75. The number of halogens is 2. The highest BCUT2D eigenvalue weighted by Gasteiger charge is 2.12. The third-order valence-corrected chi connectivity index (χ3v) is 2.57. The monoisotopic (exact) mass is 250 g/mol. The first kappa shape index (κ1) is 12.4. The number of ketones is 1. The average molecular weight is 250 g/mol. The Labute approximate surface area is 103 Å². The minimum atomic E-state index is -0.952. The molecule has 0 bridgehead atoms. The van der Waals surface area contributed by atoms with Crippen LogP contribution in [0.15, 0.2) is 30.5 Å². The molecule has 1 heterocycles. The number of benzene rings is 1. The number of nitrogens with zero attached hydrogens (tertiary/aromatic N) is 2. The van der Waals surface area contributed by atoms with Gasteiger partial charge in [-0.3, -0.25) is 9.48 Å². The van der Waals surface area contributed by atoms with Gasteiger partial charge in [0, 0.05) is 19.7 Å². The SMILES string of the molecule is Cn1ccc(CC(=O)Cc2cccc(F)c2F)n1. The number of aromatic nitrogens is 2. The normalized spacial score (nSPS) is 10.6. The molecule has 18 heavy (non-hydrogen) atoms. The Bertz CT molecular complexity index is 578. The lowest BCUT2D eigenvalue weighted by molar-refractivity contribution is -0.117. The van der Waals surface area contributed by atoms with Crippen LogP contribution in [0.3, 0.4) is 0 Å². The van der Waals surface area contributed by atoms with E-state index in [1.165, 1.54) is 12.1 Å². The summed E-state index contributed by atoms with van der Waals surface area (Å²) in [6.45, 7) is 0. The molecule has 2 aromatic rings. The second-order valence-electron chi connectivity index (χ2n) is 4.09. The molecule has 0 unspecified atom stereocenters. The minimum Gasteiger partial charge on any atom is -0.299 e. The van der Waals surface area contributed by atoms with E-state index < -0.39 is 11.6 Å². The average Bonchev–Trinajstić information content (AvgIpc) is 2.70.